The minimum absolute atomic E-state index is 0.648. The summed E-state index contributed by atoms with van der Waals surface area (Å²) in [6, 6.07) is 0. The Balaban J connectivity index is 2.11. The summed E-state index contributed by atoms with van der Waals surface area (Å²) >= 11 is 4.19. The summed E-state index contributed by atoms with van der Waals surface area (Å²) in [6.45, 7) is 4.15. The quantitative estimate of drug-likeness (QED) is 0.560. The van der Waals surface area contributed by atoms with Crippen molar-refractivity contribution in [2.45, 2.75) is 25.7 Å². The maximum absolute atomic E-state index is 11.3. The minimum Gasteiger partial charge on any atom is -0.301 e. The van der Waals surface area contributed by atoms with E-state index in [2.05, 4.69) is 17.5 Å². The number of thiol groups is 1. The molecule has 0 aromatic carbocycles. The van der Waals surface area contributed by atoms with E-state index in [1.54, 1.807) is 4.31 Å². The number of hydrogen-bond acceptors (Lipinski definition) is 4. The first-order valence-corrected chi connectivity index (χ1v) is 8.80. The normalized spacial score (nSPS) is 19.6. The Hall–Kier alpha value is 0.220. The highest BCUT2D eigenvalue weighted by Gasteiger charge is 2.22. The number of piperazine rings is 1. The van der Waals surface area contributed by atoms with Crippen molar-refractivity contribution in [3.63, 3.8) is 0 Å². The first-order chi connectivity index (χ1) is 8.04. The van der Waals surface area contributed by atoms with E-state index >= 15 is 0 Å². The molecule has 1 fully saturated rings. The van der Waals surface area contributed by atoms with Gasteiger partial charge in [-0.25, -0.2) is 8.42 Å². The largest absolute Gasteiger partial charge is 0.301 e. The predicted molar refractivity (Wildman–Crippen MR) is 75.2 cm³/mol. The molecule has 6 heteroatoms. The fraction of sp³-hybridized carbons (Fsp3) is 1.00. The van der Waals surface area contributed by atoms with Crippen molar-refractivity contribution in [3.8, 4) is 0 Å². The van der Waals surface area contributed by atoms with Gasteiger partial charge in [0.25, 0.3) is 0 Å². The van der Waals surface area contributed by atoms with E-state index < -0.39 is 10.0 Å². The van der Waals surface area contributed by atoms with Gasteiger partial charge in [0.2, 0.25) is 10.0 Å². The van der Waals surface area contributed by atoms with E-state index in [1.165, 1.54) is 31.9 Å². The van der Waals surface area contributed by atoms with Crippen LogP contribution in [0.2, 0.25) is 0 Å². The van der Waals surface area contributed by atoms with Gasteiger partial charge in [-0.2, -0.15) is 16.9 Å². The number of rotatable bonds is 7. The molecular weight excluding hydrogens is 256 g/mol. The minimum atomic E-state index is -2.98. The number of sulfonamides is 1. The van der Waals surface area contributed by atoms with E-state index in [0.29, 0.717) is 13.1 Å². The van der Waals surface area contributed by atoms with Gasteiger partial charge < -0.3 is 4.90 Å². The summed E-state index contributed by atoms with van der Waals surface area (Å²) in [5.41, 5.74) is 0. The second kappa shape index (κ2) is 7.61. The molecule has 0 unspecified atom stereocenters. The fourth-order valence-electron chi connectivity index (χ4n) is 2.09. The lowest BCUT2D eigenvalue weighted by atomic mass is 10.2. The van der Waals surface area contributed by atoms with Gasteiger partial charge in [0, 0.05) is 26.2 Å². The predicted octanol–water partition coefficient (Wildman–Crippen LogP) is 1.05. The van der Waals surface area contributed by atoms with Gasteiger partial charge in [-0.05, 0) is 25.1 Å². The van der Waals surface area contributed by atoms with Crippen LogP contribution in [0.3, 0.4) is 0 Å². The third kappa shape index (κ3) is 6.08. The van der Waals surface area contributed by atoms with Crippen LogP contribution in [0, 0.1) is 0 Å². The van der Waals surface area contributed by atoms with Crippen molar-refractivity contribution in [2.24, 2.45) is 0 Å². The summed E-state index contributed by atoms with van der Waals surface area (Å²) in [5, 5.41) is 0. The molecule has 0 radical (unpaired) electrons. The van der Waals surface area contributed by atoms with Gasteiger partial charge in [-0.3, -0.25) is 0 Å². The molecule has 0 aromatic heterocycles. The molecule has 1 rings (SSSR count). The van der Waals surface area contributed by atoms with E-state index in [1.807, 2.05) is 0 Å². The van der Waals surface area contributed by atoms with Crippen molar-refractivity contribution in [1.82, 2.24) is 9.21 Å². The van der Waals surface area contributed by atoms with Crippen LogP contribution in [0.25, 0.3) is 0 Å². The molecule has 4 nitrogen and oxygen atoms in total. The molecule has 0 spiro atoms. The average molecular weight is 280 g/mol. The fourth-order valence-corrected chi connectivity index (χ4v) is 3.14. The summed E-state index contributed by atoms with van der Waals surface area (Å²) in [5.74, 6) is 0.979. The average Bonchev–Trinajstić information content (AvgIpc) is 2.28. The lowest BCUT2D eigenvalue weighted by molar-refractivity contribution is 0.186. The van der Waals surface area contributed by atoms with Crippen molar-refractivity contribution in [1.29, 1.82) is 0 Å². The lowest BCUT2D eigenvalue weighted by Crippen LogP contribution is -2.48. The SMILES string of the molecule is CS(=O)(=O)N1CCN(CCCCCCS)CC1. The van der Waals surface area contributed by atoms with Crippen LogP contribution in [-0.4, -0.2) is 62.4 Å². The van der Waals surface area contributed by atoms with Gasteiger partial charge in [0.05, 0.1) is 6.26 Å². The maximum atomic E-state index is 11.3. The van der Waals surface area contributed by atoms with Crippen LogP contribution in [0.1, 0.15) is 25.7 Å². The Bertz CT molecular complexity index is 299. The van der Waals surface area contributed by atoms with Crippen LogP contribution in [0.15, 0.2) is 0 Å². The van der Waals surface area contributed by atoms with Crippen LogP contribution in [0.5, 0.6) is 0 Å². The molecule has 1 saturated heterocycles. The smallest absolute Gasteiger partial charge is 0.211 e. The van der Waals surface area contributed by atoms with Crippen LogP contribution in [0.4, 0.5) is 0 Å². The maximum Gasteiger partial charge on any atom is 0.211 e. The molecule has 102 valence electrons. The van der Waals surface area contributed by atoms with E-state index in [4.69, 9.17) is 0 Å². The zero-order valence-corrected chi connectivity index (χ0v) is 12.3. The summed E-state index contributed by atoms with van der Waals surface area (Å²) in [4.78, 5) is 2.36. The number of unbranched alkanes of at least 4 members (excludes halogenated alkanes) is 3. The number of nitrogens with zero attached hydrogens (tertiary/aromatic N) is 2. The molecule has 1 aliphatic rings. The molecule has 0 saturated carbocycles. The van der Waals surface area contributed by atoms with Gasteiger partial charge >= 0.3 is 0 Å². The van der Waals surface area contributed by atoms with Crippen molar-refractivity contribution in [2.75, 3.05) is 44.7 Å². The second-order valence-electron chi connectivity index (χ2n) is 4.64. The van der Waals surface area contributed by atoms with Gasteiger partial charge in [-0.15, -0.1) is 0 Å². The molecule has 0 bridgehead atoms. The van der Waals surface area contributed by atoms with Gasteiger partial charge in [0.15, 0.2) is 0 Å². The molecule has 0 N–H and O–H groups in total. The third-order valence-electron chi connectivity index (χ3n) is 3.18. The Morgan fingerprint density at radius 3 is 2.12 bits per heavy atom. The highest BCUT2D eigenvalue weighted by atomic mass is 32.2. The summed E-state index contributed by atoms with van der Waals surface area (Å²) < 4.78 is 24.2. The molecule has 0 aliphatic carbocycles. The summed E-state index contributed by atoms with van der Waals surface area (Å²) in [6.07, 6.45) is 6.22. The highest BCUT2D eigenvalue weighted by molar-refractivity contribution is 7.88. The topological polar surface area (TPSA) is 40.6 Å². The molecule has 17 heavy (non-hydrogen) atoms. The third-order valence-corrected chi connectivity index (χ3v) is 4.80. The summed E-state index contributed by atoms with van der Waals surface area (Å²) in [7, 11) is -2.98. The van der Waals surface area contributed by atoms with Gasteiger partial charge in [0.1, 0.15) is 0 Å². The molecular formula is C11H24N2O2S2. The molecule has 1 aliphatic heterocycles. The standard InChI is InChI=1S/C11H24N2O2S2/c1-17(14,15)13-9-7-12(8-10-13)6-4-2-3-5-11-16/h16H,2-11H2,1H3. The lowest BCUT2D eigenvalue weighted by Gasteiger charge is -2.33. The monoisotopic (exact) mass is 280 g/mol. The zero-order chi connectivity index (χ0) is 12.7. The van der Waals surface area contributed by atoms with E-state index in [9.17, 15) is 8.42 Å². The molecule has 0 aromatic rings. The molecule has 0 atom stereocenters. The molecule has 1 heterocycles. The molecule has 0 amide bonds. The van der Waals surface area contributed by atoms with Crippen LogP contribution < -0.4 is 0 Å². The Morgan fingerprint density at radius 1 is 1.00 bits per heavy atom. The zero-order valence-electron chi connectivity index (χ0n) is 10.6. The first kappa shape index (κ1) is 15.3. The Morgan fingerprint density at radius 2 is 1.59 bits per heavy atom. The van der Waals surface area contributed by atoms with Gasteiger partial charge in [-0.1, -0.05) is 12.8 Å². The first-order valence-electron chi connectivity index (χ1n) is 6.32. The Labute approximate surface area is 111 Å². The number of hydrogen-bond donors (Lipinski definition) is 1. The van der Waals surface area contributed by atoms with Crippen molar-refractivity contribution < 1.29 is 8.42 Å². The van der Waals surface area contributed by atoms with Crippen molar-refractivity contribution in [3.05, 3.63) is 0 Å². The van der Waals surface area contributed by atoms with Crippen LogP contribution in [-0.2, 0) is 10.0 Å². The van der Waals surface area contributed by atoms with Crippen molar-refractivity contribution >= 4 is 22.7 Å². The van der Waals surface area contributed by atoms with Crippen LogP contribution >= 0.6 is 12.6 Å². The Kier molecular flexibility index (Phi) is 6.84. The highest BCUT2D eigenvalue weighted by Crippen LogP contribution is 2.08. The second-order valence-corrected chi connectivity index (χ2v) is 7.07. The van der Waals surface area contributed by atoms with E-state index in [0.717, 1.165) is 25.4 Å². The van der Waals surface area contributed by atoms with E-state index in [-0.39, 0.29) is 0 Å².